The third-order valence-electron chi connectivity index (χ3n) is 4.99. The molecular weight excluding hydrogens is 391 g/mol. The largest absolute Gasteiger partial charge is 0.478 e. The molecule has 0 aromatic heterocycles. The van der Waals surface area contributed by atoms with Crippen molar-refractivity contribution in [1.29, 1.82) is 0 Å². The molecule has 1 aliphatic rings. The maximum Gasteiger partial charge on any atom is 0.335 e. The lowest BCUT2D eigenvalue weighted by molar-refractivity contribution is -0.148. The summed E-state index contributed by atoms with van der Waals surface area (Å²) in [7, 11) is 0. The van der Waals surface area contributed by atoms with E-state index >= 15 is 0 Å². The zero-order valence-electron chi connectivity index (χ0n) is 16.6. The van der Waals surface area contributed by atoms with Crippen molar-refractivity contribution in [3.05, 3.63) is 59.4 Å². The Labute approximate surface area is 173 Å². The fraction of sp³-hybridized carbons (Fsp3) is 0.318. The van der Waals surface area contributed by atoms with E-state index in [-0.39, 0.29) is 28.7 Å². The van der Waals surface area contributed by atoms with Gasteiger partial charge in [0.15, 0.2) is 0 Å². The second-order valence-corrected chi connectivity index (χ2v) is 7.01. The molecule has 0 bridgehead atoms. The number of benzene rings is 2. The lowest BCUT2D eigenvalue weighted by Gasteiger charge is -2.34. The van der Waals surface area contributed by atoms with Crippen LogP contribution in [-0.2, 0) is 9.53 Å². The topological polar surface area (TPSA) is 95.9 Å². The molecule has 0 radical (unpaired) electrons. The van der Waals surface area contributed by atoms with E-state index in [0.717, 1.165) is 6.42 Å². The molecule has 1 aliphatic heterocycles. The molecule has 2 N–H and O–H groups in total. The lowest BCUT2D eigenvalue weighted by Crippen LogP contribution is -2.40. The van der Waals surface area contributed by atoms with Crippen LogP contribution in [0.3, 0.4) is 0 Å². The molecule has 0 aliphatic carbocycles. The highest BCUT2D eigenvalue weighted by Crippen LogP contribution is 2.32. The van der Waals surface area contributed by atoms with Crippen LogP contribution in [0, 0.1) is 11.7 Å². The third kappa shape index (κ3) is 4.76. The molecule has 0 spiro atoms. The molecule has 1 saturated heterocycles. The van der Waals surface area contributed by atoms with Gasteiger partial charge >= 0.3 is 11.9 Å². The molecule has 7 nitrogen and oxygen atoms in total. The number of hydrogen-bond donors (Lipinski definition) is 2. The SMILES string of the molecule is CCOC(=O)C1CCCN(c2ccc(C(=O)O)cc2NC(=O)c2ccccc2F)C1. The quantitative estimate of drug-likeness (QED) is 0.702. The summed E-state index contributed by atoms with van der Waals surface area (Å²) >= 11 is 0. The van der Waals surface area contributed by atoms with Gasteiger partial charge in [-0.15, -0.1) is 0 Å². The Morgan fingerprint density at radius 1 is 1.23 bits per heavy atom. The van der Waals surface area contributed by atoms with Crippen molar-refractivity contribution in [2.45, 2.75) is 19.8 Å². The first-order valence-electron chi connectivity index (χ1n) is 9.75. The van der Waals surface area contributed by atoms with Crippen LogP contribution < -0.4 is 10.2 Å². The number of amides is 1. The Kier molecular flexibility index (Phi) is 6.66. The first-order chi connectivity index (χ1) is 14.4. The summed E-state index contributed by atoms with van der Waals surface area (Å²) in [5.74, 6) is -3.10. The van der Waals surface area contributed by atoms with Gasteiger partial charge in [0.1, 0.15) is 5.82 Å². The number of rotatable bonds is 6. The Morgan fingerprint density at radius 3 is 2.70 bits per heavy atom. The summed E-state index contributed by atoms with van der Waals surface area (Å²) in [6.45, 7) is 3.06. The fourth-order valence-corrected chi connectivity index (χ4v) is 3.53. The van der Waals surface area contributed by atoms with Gasteiger partial charge in [-0.2, -0.15) is 0 Å². The molecule has 158 valence electrons. The second-order valence-electron chi connectivity index (χ2n) is 7.01. The molecule has 1 amide bonds. The number of carbonyl (C=O) groups is 3. The molecule has 30 heavy (non-hydrogen) atoms. The number of nitrogens with zero attached hydrogens (tertiary/aromatic N) is 1. The van der Waals surface area contributed by atoms with Crippen LogP contribution in [0.2, 0.25) is 0 Å². The zero-order valence-corrected chi connectivity index (χ0v) is 16.6. The second kappa shape index (κ2) is 9.39. The van der Waals surface area contributed by atoms with Gasteiger partial charge in [-0.1, -0.05) is 12.1 Å². The van der Waals surface area contributed by atoms with E-state index in [0.29, 0.717) is 31.8 Å². The number of carboxylic acids is 1. The summed E-state index contributed by atoms with van der Waals surface area (Å²) < 4.78 is 19.1. The molecular formula is C22H23FN2O5. The number of hydrogen-bond acceptors (Lipinski definition) is 5. The van der Waals surface area contributed by atoms with Gasteiger partial charge in [-0.3, -0.25) is 9.59 Å². The van der Waals surface area contributed by atoms with E-state index in [9.17, 15) is 23.9 Å². The number of nitrogens with one attached hydrogen (secondary N) is 1. The van der Waals surface area contributed by atoms with Crippen molar-refractivity contribution < 1.29 is 28.6 Å². The maximum absolute atomic E-state index is 14.0. The summed E-state index contributed by atoms with van der Waals surface area (Å²) in [4.78, 5) is 38.1. The van der Waals surface area contributed by atoms with E-state index in [2.05, 4.69) is 5.32 Å². The summed E-state index contributed by atoms with van der Waals surface area (Å²) in [5.41, 5.74) is 0.653. The number of piperidine rings is 1. The zero-order chi connectivity index (χ0) is 21.7. The van der Waals surface area contributed by atoms with Crippen molar-refractivity contribution >= 4 is 29.2 Å². The lowest BCUT2D eigenvalue weighted by atomic mass is 9.97. The maximum atomic E-state index is 14.0. The molecule has 2 aromatic carbocycles. The van der Waals surface area contributed by atoms with Gasteiger partial charge in [-0.25, -0.2) is 9.18 Å². The summed E-state index contributed by atoms with van der Waals surface area (Å²) in [5, 5.41) is 12.0. The normalized spacial score (nSPS) is 16.1. The predicted octanol–water partition coefficient (Wildman–Crippen LogP) is 3.56. The molecule has 3 rings (SSSR count). The molecule has 0 saturated carbocycles. The molecule has 8 heteroatoms. The Hall–Kier alpha value is -3.42. The highest BCUT2D eigenvalue weighted by Gasteiger charge is 2.28. The number of aromatic carboxylic acids is 1. The van der Waals surface area contributed by atoms with Crippen LogP contribution in [0.1, 0.15) is 40.5 Å². The number of anilines is 2. The van der Waals surface area contributed by atoms with E-state index in [1.54, 1.807) is 19.1 Å². The number of esters is 1. The van der Waals surface area contributed by atoms with Crippen LogP contribution in [-0.4, -0.2) is 42.6 Å². The van der Waals surface area contributed by atoms with Gasteiger partial charge in [-0.05, 0) is 50.1 Å². The Balaban J connectivity index is 1.91. The van der Waals surface area contributed by atoms with E-state index in [1.807, 2.05) is 4.90 Å². The van der Waals surface area contributed by atoms with Crippen molar-refractivity contribution in [2.75, 3.05) is 29.9 Å². The molecule has 1 heterocycles. The van der Waals surface area contributed by atoms with E-state index in [1.165, 1.54) is 30.3 Å². The number of halogens is 1. The minimum Gasteiger partial charge on any atom is -0.478 e. The monoisotopic (exact) mass is 414 g/mol. The summed E-state index contributed by atoms with van der Waals surface area (Å²) in [6.07, 6.45) is 1.43. The first-order valence-corrected chi connectivity index (χ1v) is 9.75. The molecule has 1 unspecified atom stereocenters. The molecule has 1 fully saturated rings. The highest BCUT2D eigenvalue weighted by atomic mass is 19.1. The van der Waals surface area contributed by atoms with Gasteiger partial charge in [0.2, 0.25) is 0 Å². The highest BCUT2D eigenvalue weighted by molar-refractivity contribution is 6.07. The smallest absolute Gasteiger partial charge is 0.335 e. The van der Waals surface area contributed by atoms with Gasteiger partial charge < -0.3 is 20.1 Å². The average Bonchev–Trinajstić information content (AvgIpc) is 2.74. The van der Waals surface area contributed by atoms with Crippen molar-refractivity contribution in [1.82, 2.24) is 0 Å². The Bertz CT molecular complexity index is 962. The van der Waals surface area contributed by atoms with E-state index < -0.39 is 17.7 Å². The van der Waals surface area contributed by atoms with Gasteiger partial charge in [0.25, 0.3) is 5.91 Å². The van der Waals surface area contributed by atoms with Crippen LogP contribution >= 0.6 is 0 Å². The minimum absolute atomic E-state index is 0.0125. The minimum atomic E-state index is -1.15. The fourth-order valence-electron chi connectivity index (χ4n) is 3.53. The van der Waals surface area contributed by atoms with Crippen LogP contribution in [0.15, 0.2) is 42.5 Å². The van der Waals surface area contributed by atoms with Crippen LogP contribution in [0.25, 0.3) is 0 Å². The van der Waals surface area contributed by atoms with Crippen molar-refractivity contribution in [2.24, 2.45) is 5.92 Å². The van der Waals surface area contributed by atoms with Crippen LogP contribution in [0.5, 0.6) is 0 Å². The third-order valence-corrected chi connectivity index (χ3v) is 4.99. The van der Waals surface area contributed by atoms with Gasteiger partial charge in [0.05, 0.1) is 35.0 Å². The molecule has 1 atom stereocenters. The van der Waals surface area contributed by atoms with Crippen molar-refractivity contribution in [3.8, 4) is 0 Å². The average molecular weight is 414 g/mol. The number of ether oxygens (including phenoxy) is 1. The van der Waals surface area contributed by atoms with Gasteiger partial charge in [0, 0.05) is 13.1 Å². The standard InChI is InChI=1S/C22H23FN2O5/c1-2-30-22(29)15-6-5-11-25(13-15)19-10-9-14(21(27)28)12-18(19)24-20(26)16-7-3-4-8-17(16)23/h3-4,7-10,12,15H,2,5-6,11,13H2,1H3,(H,24,26)(H,27,28). The number of carbonyl (C=O) groups excluding carboxylic acids is 2. The number of carboxylic acid groups (broad SMARTS) is 1. The Morgan fingerprint density at radius 2 is 2.00 bits per heavy atom. The predicted molar refractivity (Wildman–Crippen MR) is 109 cm³/mol. The first kappa shape index (κ1) is 21.3. The van der Waals surface area contributed by atoms with E-state index in [4.69, 9.17) is 4.74 Å². The van der Waals surface area contributed by atoms with Crippen molar-refractivity contribution in [3.63, 3.8) is 0 Å². The summed E-state index contributed by atoms with van der Waals surface area (Å²) in [6, 6.07) is 9.91. The van der Waals surface area contributed by atoms with Crippen LogP contribution in [0.4, 0.5) is 15.8 Å². The molecule has 2 aromatic rings.